The van der Waals surface area contributed by atoms with Gasteiger partial charge in [0.2, 0.25) is 0 Å². The molecule has 0 aliphatic rings. The second-order valence-electron chi connectivity index (χ2n) is 4.76. The number of fused-ring (bicyclic) bond motifs is 1. The number of hydrogen-bond donors (Lipinski definition) is 1. The molecule has 3 heteroatoms. The molecule has 0 aliphatic heterocycles. The number of aromatic nitrogens is 1. The van der Waals surface area contributed by atoms with Crippen LogP contribution in [0.15, 0.2) is 54.7 Å². The standard InChI is InChI=1S/C17H13NO2/c1-11-2-4-12(5-3-11)13-6-7-16-15(10-13)14(17(19)20)8-9-18-16/h2-10H,1H3,(H,19,20). The molecule has 0 atom stereocenters. The molecule has 3 rings (SSSR count). The first-order valence-electron chi connectivity index (χ1n) is 6.34. The van der Waals surface area contributed by atoms with Crippen molar-refractivity contribution >= 4 is 16.9 Å². The minimum absolute atomic E-state index is 0.281. The molecule has 0 amide bonds. The highest BCUT2D eigenvalue weighted by atomic mass is 16.4. The normalized spacial score (nSPS) is 10.7. The first-order chi connectivity index (χ1) is 9.65. The smallest absolute Gasteiger partial charge is 0.336 e. The lowest BCUT2D eigenvalue weighted by Crippen LogP contribution is -1.98. The third-order valence-electron chi connectivity index (χ3n) is 3.36. The SMILES string of the molecule is Cc1ccc(-c2ccc3nccc(C(=O)O)c3c2)cc1. The summed E-state index contributed by atoms with van der Waals surface area (Å²) in [5.74, 6) is -0.932. The third-order valence-corrected chi connectivity index (χ3v) is 3.36. The zero-order valence-corrected chi connectivity index (χ0v) is 11.0. The monoisotopic (exact) mass is 263 g/mol. The Hall–Kier alpha value is -2.68. The van der Waals surface area contributed by atoms with E-state index in [1.54, 1.807) is 0 Å². The molecule has 1 aromatic heterocycles. The Morgan fingerprint density at radius 1 is 1.00 bits per heavy atom. The molecule has 0 radical (unpaired) electrons. The number of nitrogens with zero attached hydrogens (tertiary/aromatic N) is 1. The Kier molecular flexibility index (Phi) is 2.95. The quantitative estimate of drug-likeness (QED) is 0.762. The molecule has 20 heavy (non-hydrogen) atoms. The van der Waals surface area contributed by atoms with Gasteiger partial charge in [-0.2, -0.15) is 0 Å². The van der Waals surface area contributed by atoms with Crippen LogP contribution in [0.3, 0.4) is 0 Å². The Morgan fingerprint density at radius 2 is 1.70 bits per heavy atom. The van der Waals surface area contributed by atoms with Crippen molar-refractivity contribution in [3.05, 3.63) is 65.9 Å². The number of carboxylic acid groups (broad SMARTS) is 1. The molecule has 0 aliphatic carbocycles. The van der Waals surface area contributed by atoms with E-state index in [-0.39, 0.29) is 5.56 Å². The molecule has 2 aromatic carbocycles. The maximum Gasteiger partial charge on any atom is 0.336 e. The number of hydrogen-bond acceptors (Lipinski definition) is 2. The highest BCUT2D eigenvalue weighted by molar-refractivity contribution is 6.03. The number of aromatic carboxylic acids is 1. The van der Waals surface area contributed by atoms with Crippen LogP contribution in [-0.2, 0) is 0 Å². The fraction of sp³-hybridized carbons (Fsp3) is 0.0588. The van der Waals surface area contributed by atoms with Gasteiger partial charge in [-0.3, -0.25) is 4.98 Å². The maximum atomic E-state index is 11.3. The van der Waals surface area contributed by atoms with Crippen molar-refractivity contribution in [2.75, 3.05) is 0 Å². The molecule has 0 spiro atoms. The van der Waals surface area contributed by atoms with E-state index < -0.39 is 5.97 Å². The summed E-state index contributed by atoms with van der Waals surface area (Å²) in [6.45, 7) is 2.04. The molecular weight excluding hydrogens is 250 g/mol. The van der Waals surface area contributed by atoms with Crippen molar-refractivity contribution in [1.29, 1.82) is 0 Å². The zero-order chi connectivity index (χ0) is 14.1. The third kappa shape index (κ3) is 2.14. The van der Waals surface area contributed by atoms with Gasteiger partial charge in [0, 0.05) is 11.6 Å². The van der Waals surface area contributed by atoms with Gasteiger partial charge in [0.1, 0.15) is 0 Å². The lowest BCUT2D eigenvalue weighted by molar-refractivity contribution is 0.0699. The highest BCUT2D eigenvalue weighted by Crippen LogP contribution is 2.25. The highest BCUT2D eigenvalue weighted by Gasteiger charge is 2.09. The van der Waals surface area contributed by atoms with Crippen LogP contribution < -0.4 is 0 Å². The molecule has 3 nitrogen and oxygen atoms in total. The minimum Gasteiger partial charge on any atom is -0.478 e. The number of carboxylic acids is 1. The minimum atomic E-state index is -0.932. The van der Waals surface area contributed by atoms with Crippen molar-refractivity contribution in [3.8, 4) is 11.1 Å². The second kappa shape index (κ2) is 4.78. The van der Waals surface area contributed by atoms with Crippen molar-refractivity contribution in [1.82, 2.24) is 4.98 Å². The van der Waals surface area contributed by atoms with Gasteiger partial charge in [-0.05, 0) is 36.2 Å². The Bertz CT molecular complexity index is 792. The van der Waals surface area contributed by atoms with Gasteiger partial charge in [-0.1, -0.05) is 35.9 Å². The van der Waals surface area contributed by atoms with Crippen molar-refractivity contribution in [2.24, 2.45) is 0 Å². The summed E-state index contributed by atoms with van der Waals surface area (Å²) in [4.78, 5) is 15.5. The van der Waals surface area contributed by atoms with Crippen LogP contribution in [0, 0.1) is 6.92 Å². The van der Waals surface area contributed by atoms with Crippen molar-refractivity contribution < 1.29 is 9.90 Å². The lowest BCUT2D eigenvalue weighted by Gasteiger charge is -2.06. The predicted octanol–water partition coefficient (Wildman–Crippen LogP) is 3.91. The van der Waals surface area contributed by atoms with Crippen LogP contribution >= 0.6 is 0 Å². The summed E-state index contributed by atoms with van der Waals surface area (Å²) in [6, 6.07) is 15.4. The average Bonchev–Trinajstić information content (AvgIpc) is 2.46. The number of aryl methyl sites for hydroxylation is 1. The molecule has 0 unspecified atom stereocenters. The molecule has 1 heterocycles. The van der Waals surface area contributed by atoms with E-state index in [0.717, 1.165) is 11.1 Å². The number of pyridine rings is 1. The van der Waals surface area contributed by atoms with Gasteiger partial charge in [0.05, 0.1) is 11.1 Å². The van der Waals surface area contributed by atoms with Gasteiger partial charge in [-0.25, -0.2) is 4.79 Å². The van der Waals surface area contributed by atoms with Gasteiger partial charge in [0.25, 0.3) is 0 Å². The van der Waals surface area contributed by atoms with Gasteiger partial charge in [0.15, 0.2) is 0 Å². The van der Waals surface area contributed by atoms with Crippen LogP contribution in [-0.4, -0.2) is 16.1 Å². The fourth-order valence-electron chi connectivity index (χ4n) is 2.26. The summed E-state index contributed by atoms with van der Waals surface area (Å²) < 4.78 is 0. The first kappa shape index (κ1) is 12.4. The van der Waals surface area contributed by atoms with Crippen LogP contribution in [0.1, 0.15) is 15.9 Å². The number of rotatable bonds is 2. The van der Waals surface area contributed by atoms with Crippen molar-refractivity contribution in [2.45, 2.75) is 6.92 Å². The maximum absolute atomic E-state index is 11.3. The van der Waals surface area contributed by atoms with Crippen LogP contribution in [0.5, 0.6) is 0 Å². The molecule has 1 N–H and O–H groups in total. The van der Waals surface area contributed by atoms with Crippen LogP contribution in [0.4, 0.5) is 0 Å². The van der Waals surface area contributed by atoms with E-state index >= 15 is 0 Å². The Balaban J connectivity index is 2.21. The molecule has 3 aromatic rings. The second-order valence-corrected chi connectivity index (χ2v) is 4.76. The lowest BCUT2D eigenvalue weighted by atomic mass is 10.0. The zero-order valence-electron chi connectivity index (χ0n) is 11.0. The first-order valence-corrected chi connectivity index (χ1v) is 6.34. The van der Waals surface area contributed by atoms with E-state index in [2.05, 4.69) is 4.98 Å². The number of benzene rings is 2. The number of carbonyl (C=O) groups is 1. The summed E-state index contributed by atoms with van der Waals surface area (Å²) in [7, 11) is 0. The summed E-state index contributed by atoms with van der Waals surface area (Å²) in [5.41, 5.74) is 4.23. The van der Waals surface area contributed by atoms with E-state index in [1.807, 2.05) is 49.4 Å². The van der Waals surface area contributed by atoms with E-state index in [9.17, 15) is 9.90 Å². The van der Waals surface area contributed by atoms with E-state index in [4.69, 9.17) is 0 Å². The van der Waals surface area contributed by atoms with Crippen LogP contribution in [0.25, 0.3) is 22.0 Å². The molecule has 98 valence electrons. The summed E-state index contributed by atoms with van der Waals surface area (Å²) in [5, 5.41) is 9.92. The Morgan fingerprint density at radius 3 is 2.40 bits per heavy atom. The molecule has 0 saturated heterocycles. The van der Waals surface area contributed by atoms with Gasteiger partial charge < -0.3 is 5.11 Å². The molecular formula is C17H13NO2. The van der Waals surface area contributed by atoms with E-state index in [0.29, 0.717) is 10.9 Å². The van der Waals surface area contributed by atoms with Crippen LogP contribution in [0.2, 0.25) is 0 Å². The fourth-order valence-corrected chi connectivity index (χ4v) is 2.26. The summed E-state index contributed by atoms with van der Waals surface area (Å²) in [6.07, 6.45) is 1.53. The Labute approximate surface area is 116 Å². The van der Waals surface area contributed by atoms with Crippen molar-refractivity contribution in [3.63, 3.8) is 0 Å². The predicted molar refractivity (Wildman–Crippen MR) is 78.9 cm³/mol. The topological polar surface area (TPSA) is 50.2 Å². The molecule has 0 fully saturated rings. The average molecular weight is 263 g/mol. The molecule has 0 saturated carbocycles. The summed E-state index contributed by atoms with van der Waals surface area (Å²) >= 11 is 0. The van der Waals surface area contributed by atoms with E-state index in [1.165, 1.54) is 17.8 Å². The largest absolute Gasteiger partial charge is 0.478 e. The van der Waals surface area contributed by atoms with Gasteiger partial charge in [-0.15, -0.1) is 0 Å². The molecule has 0 bridgehead atoms. The van der Waals surface area contributed by atoms with Gasteiger partial charge >= 0.3 is 5.97 Å².